The van der Waals surface area contributed by atoms with E-state index in [1.54, 1.807) is 38.5 Å². The van der Waals surface area contributed by atoms with Gasteiger partial charge < -0.3 is 14.8 Å². The molecule has 1 N–H and O–H groups in total. The minimum absolute atomic E-state index is 0.00158. The fourth-order valence-electron chi connectivity index (χ4n) is 4.25. The predicted octanol–water partition coefficient (Wildman–Crippen LogP) is 4.61. The molecule has 0 radical (unpaired) electrons. The van der Waals surface area contributed by atoms with E-state index in [9.17, 15) is 14.4 Å². The Kier molecular flexibility index (Phi) is 7.74. The van der Waals surface area contributed by atoms with Crippen LogP contribution in [0.25, 0.3) is 22.5 Å². The third-order valence-electron chi connectivity index (χ3n) is 6.19. The van der Waals surface area contributed by atoms with Crippen LogP contribution in [-0.4, -0.2) is 52.4 Å². The van der Waals surface area contributed by atoms with Gasteiger partial charge in [0.15, 0.2) is 0 Å². The van der Waals surface area contributed by atoms with Crippen LogP contribution < -0.4 is 19.7 Å². The highest BCUT2D eigenvalue weighted by Gasteiger charge is 2.41. The highest BCUT2D eigenvalue weighted by Crippen LogP contribution is 2.36. The summed E-state index contributed by atoms with van der Waals surface area (Å²) in [4.78, 5) is 43.3. The number of ether oxygens (including phenoxy) is 2. The summed E-state index contributed by atoms with van der Waals surface area (Å²) >= 11 is 1.10. The van der Waals surface area contributed by atoms with Crippen molar-refractivity contribution in [1.82, 2.24) is 15.2 Å². The molecular formula is C29H25N5O5S. The van der Waals surface area contributed by atoms with Gasteiger partial charge in [-0.2, -0.15) is 0 Å². The zero-order valence-corrected chi connectivity index (χ0v) is 22.8. The van der Waals surface area contributed by atoms with Gasteiger partial charge in [0.25, 0.3) is 0 Å². The Morgan fingerprint density at radius 1 is 0.850 bits per heavy atom. The Bertz CT molecular complexity index is 1560. The maximum Gasteiger partial charge on any atom is 0.247 e. The Labute approximate surface area is 234 Å². The van der Waals surface area contributed by atoms with Crippen LogP contribution in [0.3, 0.4) is 0 Å². The molecule has 5 rings (SSSR count). The summed E-state index contributed by atoms with van der Waals surface area (Å²) in [5.74, 6) is 0.510. The molecule has 1 fully saturated rings. The van der Waals surface area contributed by atoms with Crippen LogP contribution in [0.5, 0.6) is 11.5 Å². The summed E-state index contributed by atoms with van der Waals surface area (Å²) in [6.07, 6.45) is -0.00158. The molecule has 2 heterocycles. The van der Waals surface area contributed by atoms with E-state index < -0.39 is 5.25 Å². The molecule has 3 amide bonds. The lowest BCUT2D eigenvalue weighted by atomic mass is 10.0. The fourth-order valence-corrected chi connectivity index (χ4v) is 5.16. The van der Waals surface area contributed by atoms with Crippen LogP contribution in [0.1, 0.15) is 13.3 Å². The molecule has 1 atom stereocenters. The van der Waals surface area contributed by atoms with Crippen LogP contribution in [-0.2, 0) is 14.4 Å². The number of benzene rings is 3. The van der Waals surface area contributed by atoms with Gasteiger partial charge in [0, 0.05) is 30.2 Å². The topological polar surface area (TPSA) is 124 Å². The molecule has 0 aliphatic carbocycles. The molecule has 11 heteroatoms. The molecule has 0 unspecified atom stereocenters. The number of methoxy groups -OCH3 is 2. The van der Waals surface area contributed by atoms with E-state index in [1.165, 1.54) is 6.92 Å². The van der Waals surface area contributed by atoms with Gasteiger partial charge >= 0.3 is 0 Å². The largest absolute Gasteiger partial charge is 0.497 e. The van der Waals surface area contributed by atoms with Crippen LogP contribution >= 0.6 is 11.8 Å². The van der Waals surface area contributed by atoms with Gasteiger partial charge in [-0.1, -0.05) is 11.8 Å². The second kappa shape index (κ2) is 11.5. The summed E-state index contributed by atoms with van der Waals surface area (Å²) in [5, 5.41) is 11.0. The number of hydrogen-bond donors (Lipinski definition) is 1. The summed E-state index contributed by atoms with van der Waals surface area (Å²) in [7, 11) is 3.20. The lowest BCUT2D eigenvalue weighted by Gasteiger charge is -2.15. The summed E-state index contributed by atoms with van der Waals surface area (Å²) in [6.45, 7) is 1.41. The monoisotopic (exact) mass is 555 g/mol. The highest BCUT2D eigenvalue weighted by molar-refractivity contribution is 8.00. The standard InChI is InChI=1S/C29H25N5O5S/c1-17(35)30-20-8-10-21(11-9-20)34-25(36)16-24(28(34)37)40-29-31-26(18-4-12-22(38-2)13-5-18)27(32-33-29)19-6-14-23(39-3)15-7-19/h4-15,24H,16H2,1-3H3,(H,30,35)/t24-/m0/s1. The number of nitrogens with zero attached hydrogens (tertiary/aromatic N) is 4. The number of carbonyl (C=O) groups is 3. The molecule has 1 aromatic heterocycles. The first-order valence-corrected chi connectivity index (χ1v) is 13.2. The van der Waals surface area contributed by atoms with Crippen molar-refractivity contribution in [3.05, 3.63) is 72.8 Å². The lowest BCUT2D eigenvalue weighted by molar-refractivity contribution is -0.121. The van der Waals surface area contributed by atoms with Gasteiger partial charge in [0.1, 0.15) is 28.1 Å². The quantitative estimate of drug-likeness (QED) is 0.311. The number of aromatic nitrogens is 3. The lowest BCUT2D eigenvalue weighted by Crippen LogP contribution is -2.31. The zero-order chi connectivity index (χ0) is 28.2. The molecule has 1 saturated heterocycles. The van der Waals surface area contributed by atoms with Crippen molar-refractivity contribution < 1.29 is 23.9 Å². The van der Waals surface area contributed by atoms with Crippen molar-refractivity contribution in [2.24, 2.45) is 0 Å². The summed E-state index contributed by atoms with van der Waals surface area (Å²) < 4.78 is 10.6. The van der Waals surface area contributed by atoms with Gasteiger partial charge in [-0.3, -0.25) is 14.4 Å². The Morgan fingerprint density at radius 2 is 1.43 bits per heavy atom. The third-order valence-corrected chi connectivity index (χ3v) is 7.23. The van der Waals surface area contributed by atoms with Crippen molar-refractivity contribution in [3.8, 4) is 34.0 Å². The van der Waals surface area contributed by atoms with Crippen molar-refractivity contribution in [3.63, 3.8) is 0 Å². The molecule has 10 nitrogen and oxygen atoms in total. The highest BCUT2D eigenvalue weighted by atomic mass is 32.2. The molecule has 0 bridgehead atoms. The van der Waals surface area contributed by atoms with E-state index in [0.717, 1.165) is 27.8 Å². The minimum Gasteiger partial charge on any atom is -0.497 e. The van der Waals surface area contributed by atoms with E-state index in [-0.39, 0.29) is 29.3 Å². The van der Waals surface area contributed by atoms with Crippen molar-refractivity contribution in [2.75, 3.05) is 24.4 Å². The first-order valence-electron chi connectivity index (χ1n) is 12.3. The number of amides is 3. The molecule has 4 aromatic rings. The first-order chi connectivity index (χ1) is 19.4. The van der Waals surface area contributed by atoms with E-state index in [2.05, 4.69) is 15.5 Å². The van der Waals surface area contributed by atoms with E-state index in [1.807, 2.05) is 48.5 Å². The van der Waals surface area contributed by atoms with E-state index in [0.29, 0.717) is 34.3 Å². The molecular weight excluding hydrogens is 530 g/mol. The van der Waals surface area contributed by atoms with Gasteiger partial charge in [0.2, 0.25) is 22.9 Å². The molecule has 0 spiro atoms. The van der Waals surface area contributed by atoms with Crippen molar-refractivity contribution in [1.29, 1.82) is 0 Å². The average molecular weight is 556 g/mol. The third kappa shape index (κ3) is 5.64. The number of nitrogens with one attached hydrogen (secondary N) is 1. The number of imide groups is 1. The normalized spacial score (nSPS) is 14.8. The predicted molar refractivity (Wildman–Crippen MR) is 151 cm³/mol. The number of thioether (sulfide) groups is 1. The smallest absolute Gasteiger partial charge is 0.247 e. The zero-order valence-electron chi connectivity index (χ0n) is 22.0. The molecule has 1 aliphatic heterocycles. The van der Waals surface area contributed by atoms with Crippen LogP contribution in [0.2, 0.25) is 0 Å². The minimum atomic E-state index is -0.708. The van der Waals surface area contributed by atoms with Gasteiger partial charge in [-0.25, -0.2) is 9.88 Å². The molecule has 3 aromatic carbocycles. The van der Waals surface area contributed by atoms with Crippen LogP contribution in [0.4, 0.5) is 11.4 Å². The second-order valence-corrected chi connectivity index (χ2v) is 10.0. The molecule has 40 heavy (non-hydrogen) atoms. The molecule has 0 saturated carbocycles. The number of anilines is 2. The van der Waals surface area contributed by atoms with Crippen molar-refractivity contribution >= 4 is 40.9 Å². The Balaban J connectivity index is 1.43. The Hall–Kier alpha value is -4.77. The molecule has 202 valence electrons. The van der Waals surface area contributed by atoms with Gasteiger partial charge in [0.05, 0.1) is 19.9 Å². The van der Waals surface area contributed by atoms with Gasteiger partial charge in [-0.05, 0) is 72.8 Å². The van der Waals surface area contributed by atoms with Crippen LogP contribution in [0, 0.1) is 0 Å². The number of rotatable bonds is 8. The van der Waals surface area contributed by atoms with Crippen molar-refractivity contribution in [2.45, 2.75) is 23.8 Å². The summed E-state index contributed by atoms with van der Waals surface area (Å²) in [5.41, 5.74) is 3.73. The van der Waals surface area contributed by atoms with Gasteiger partial charge in [-0.15, -0.1) is 10.2 Å². The molecule has 1 aliphatic rings. The van der Waals surface area contributed by atoms with Crippen LogP contribution in [0.15, 0.2) is 78.0 Å². The van der Waals surface area contributed by atoms with E-state index >= 15 is 0 Å². The number of carbonyl (C=O) groups excluding carboxylic acids is 3. The second-order valence-electron chi connectivity index (χ2n) is 8.85. The maximum atomic E-state index is 13.3. The van der Waals surface area contributed by atoms with E-state index in [4.69, 9.17) is 14.5 Å². The average Bonchev–Trinajstić information content (AvgIpc) is 3.25. The maximum absolute atomic E-state index is 13.3. The summed E-state index contributed by atoms with van der Waals surface area (Å²) in [6, 6.07) is 21.4. The first kappa shape index (κ1) is 26.8. The fraction of sp³-hybridized carbons (Fsp3) is 0.172. The number of hydrogen-bond acceptors (Lipinski definition) is 9. The SMILES string of the molecule is COc1ccc(-c2nnc(S[C@H]3CC(=O)N(c4ccc(NC(C)=O)cc4)C3=O)nc2-c2ccc(OC)cc2)cc1. The Morgan fingerprint density at radius 3 is 1.98 bits per heavy atom.